The summed E-state index contributed by atoms with van der Waals surface area (Å²) in [5.74, 6) is 6.28. The fourth-order valence-corrected chi connectivity index (χ4v) is 1.47. The Bertz CT molecular complexity index is 184. The summed E-state index contributed by atoms with van der Waals surface area (Å²) in [6, 6.07) is 0. The molecule has 0 aromatic rings. The van der Waals surface area contributed by atoms with Gasteiger partial charge in [-0.1, -0.05) is 6.92 Å². The highest BCUT2D eigenvalue weighted by atomic mass is 15.4. The van der Waals surface area contributed by atoms with Crippen LogP contribution in [-0.2, 0) is 0 Å². The molecule has 1 rings (SSSR count). The third kappa shape index (κ3) is 3.16. The summed E-state index contributed by atoms with van der Waals surface area (Å²) in [7, 11) is 2.13. The molecule has 5 heteroatoms. The number of nitrogens with one attached hydrogen (secondary N) is 1. The van der Waals surface area contributed by atoms with Crippen molar-refractivity contribution in [2.24, 2.45) is 10.8 Å². The lowest BCUT2D eigenvalue weighted by Crippen LogP contribution is -2.53. The molecule has 1 fully saturated rings. The zero-order valence-corrected chi connectivity index (χ0v) is 9.16. The number of hydrogen-bond donors (Lipinski definition) is 2. The maximum Gasteiger partial charge on any atom is 0.208 e. The lowest BCUT2D eigenvalue weighted by molar-refractivity contribution is 0.211. The topological polar surface area (TPSA) is 56.9 Å². The molecule has 14 heavy (non-hydrogen) atoms. The summed E-state index contributed by atoms with van der Waals surface area (Å²) in [6.45, 7) is 7.11. The Morgan fingerprint density at radius 1 is 1.36 bits per heavy atom. The molecule has 0 radical (unpaired) electrons. The van der Waals surface area contributed by atoms with Crippen LogP contribution in [0, 0.1) is 0 Å². The Labute approximate surface area is 85.9 Å². The van der Waals surface area contributed by atoms with Gasteiger partial charge in [0.05, 0.1) is 0 Å². The zero-order chi connectivity index (χ0) is 10.4. The molecule has 1 aliphatic rings. The van der Waals surface area contributed by atoms with Crippen LogP contribution in [0.3, 0.4) is 0 Å². The second-order valence-corrected chi connectivity index (χ2v) is 3.64. The van der Waals surface area contributed by atoms with E-state index in [-0.39, 0.29) is 0 Å². The predicted molar refractivity (Wildman–Crippen MR) is 59.0 cm³/mol. The van der Waals surface area contributed by atoms with Crippen LogP contribution in [0.5, 0.6) is 0 Å². The van der Waals surface area contributed by atoms with Gasteiger partial charge >= 0.3 is 0 Å². The number of piperazine rings is 1. The van der Waals surface area contributed by atoms with E-state index in [0.717, 1.165) is 45.1 Å². The number of hydrazine groups is 1. The summed E-state index contributed by atoms with van der Waals surface area (Å²) in [6.07, 6.45) is 1.05. The highest BCUT2D eigenvalue weighted by molar-refractivity contribution is 5.79. The number of likely N-dealkylation sites (N-methyl/N-ethyl adjacent to an activating group) is 1. The summed E-state index contributed by atoms with van der Waals surface area (Å²) < 4.78 is 0. The first kappa shape index (κ1) is 11.3. The number of nitrogens with two attached hydrogens (primary N) is 1. The molecular weight excluding hydrogens is 178 g/mol. The second kappa shape index (κ2) is 5.82. The fraction of sp³-hybridized carbons (Fsp3) is 0.889. The summed E-state index contributed by atoms with van der Waals surface area (Å²) in [5.41, 5.74) is 2.68. The molecular formula is C9H21N5. The molecule has 1 heterocycles. The van der Waals surface area contributed by atoms with Gasteiger partial charge in [-0.15, -0.1) is 0 Å². The number of rotatable bonds is 2. The molecule has 0 unspecified atom stereocenters. The smallest absolute Gasteiger partial charge is 0.208 e. The molecule has 0 aliphatic carbocycles. The van der Waals surface area contributed by atoms with Crippen molar-refractivity contribution in [3.05, 3.63) is 0 Å². The normalized spacial score (nSPS) is 19.9. The summed E-state index contributed by atoms with van der Waals surface area (Å²) in [4.78, 5) is 8.91. The SMILES string of the molecule is CCCN=C(NN)N1CCN(C)CC1. The van der Waals surface area contributed by atoms with Gasteiger partial charge in [-0.3, -0.25) is 10.4 Å². The van der Waals surface area contributed by atoms with Crippen molar-refractivity contribution in [2.75, 3.05) is 39.8 Å². The van der Waals surface area contributed by atoms with Gasteiger partial charge in [0.15, 0.2) is 0 Å². The van der Waals surface area contributed by atoms with E-state index in [1.807, 2.05) is 0 Å². The monoisotopic (exact) mass is 199 g/mol. The van der Waals surface area contributed by atoms with Gasteiger partial charge in [-0.2, -0.15) is 0 Å². The second-order valence-electron chi connectivity index (χ2n) is 3.64. The average molecular weight is 199 g/mol. The van der Waals surface area contributed by atoms with Crippen molar-refractivity contribution >= 4 is 5.96 Å². The van der Waals surface area contributed by atoms with Crippen molar-refractivity contribution in [3.8, 4) is 0 Å². The predicted octanol–water partition coefficient (Wildman–Crippen LogP) is -0.537. The van der Waals surface area contributed by atoms with E-state index in [1.54, 1.807) is 0 Å². The van der Waals surface area contributed by atoms with Crippen LogP contribution in [0.15, 0.2) is 4.99 Å². The van der Waals surface area contributed by atoms with Crippen LogP contribution < -0.4 is 11.3 Å². The standard InChI is InChI=1S/C9H21N5/c1-3-4-11-9(12-10)14-7-5-13(2)6-8-14/h3-8,10H2,1-2H3,(H,11,12). The van der Waals surface area contributed by atoms with Crippen LogP contribution >= 0.6 is 0 Å². The van der Waals surface area contributed by atoms with E-state index in [9.17, 15) is 0 Å². The molecule has 0 amide bonds. The van der Waals surface area contributed by atoms with Crippen molar-refractivity contribution in [3.63, 3.8) is 0 Å². The maximum atomic E-state index is 5.44. The minimum absolute atomic E-state index is 0.833. The molecule has 1 saturated heterocycles. The first-order chi connectivity index (χ1) is 6.77. The van der Waals surface area contributed by atoms with Gasteiger partial charge in [0, 0.05) is 32.7 Å². The van der Waals surface area contributed by atoms with Crippen LogP contribution in [0.25, 0.3) is 0 Å². The first-order valence-corrected chi connectivity index (χ1v) is 5.22. The van der Waals surface area contributed by atoms with Crippen molar-refractivity contribution < 1.29 is 0 Å². The van der Waals surface area contributed by atoms with Gasteiger partial charge < -0.3 is 9.80 Å². The highest BCUT2D eigenvalue weighted by Gasteiger charge is 2.16. The van der Waals surface area contributed by atoms with Gasteiger partial charge in [0.1, 0.15) is 0 Å². The van der Waals surface area contributed by atoms with E-state index in [1.165, 1.54) is 0 Å². The van der Waals surface area contributed by atoms with Crippen LogP contribution in [0.4, 0.5) is 0 Å². The number of aliphatic imine (C=N–C) groups is 1. The lowest BCUT2D eigenvalue weighted by Gasteiger charge is -2.34. The van der Waals surface area contributed by atoms with Crippen LogP contribution in [0.1, 0.15) is 13.3 Å². The van der Waals surface area contributed by atoms with Gasteiger partial charge in [-0.25, -0.2) is 5.84 Å². The Kier molecular flexibility index (Phi) is 4.69. The third-order valence-electron chi connectivity index (χ3n) is 2.42. The lowest BCUT2D eigenvalue weighted by atomic mass is 10.3. The van der Waals surface area contributed by atoms with Crippen molar-refractivity contribution in [1.82, 2.24) is 15.2 Å². The largest absolute Gasteiger partial charge is 0.339 e. The van der Waals surface area contributed by atoms with Crippen LogP contribution in [-0.4, -0.2) is 55.5 Å². The summed E-state index contributed by atoms with van der Waals surface area (Å²) in [5, 5.41) is 0. The molecule has 0 saturated carbocycles. The molecule has 0 aromatic heterocycles. The highest BCUT2D eigenvalue weighted by Crippen LogP contribution is 1.99. The van der Waals surface area contributed by atoms with E-state index < -0.39 is 0 Å². The Morgan fingerprint density at radius 2 is 2.00 bits per heavy atom. The molecule has 5 nitrogen and oxygen atoms in total. The Morgan fingerprint density at radius 3 is 2.50 bits per heavy atom. The number of hydrogen-bond acceptors (Lipinski definition) is 3. The average Bonchev–Trinajstić information content (AvgIpc) is 2.21. The number of guanidine groups is 1. The number of nitrogens with zero attached hydrogens (tertiary/aromatic N) is 3. The third-order valence-corrected chi connectivity index (χ3v) is 2.42. The van der Waals surface area contributed by atoms with E-state index in [0.29, 0.717) is 0 Å². The molecule has 3 N–H and O–H groups in total. The minimum Gasteiger partial charge on any atom is -0.339 e. The quantitative estimate of drug-likeness (QED) is 0.271. The van der Waals surface area contributed by atoms with E-state index in [2.05, 4.69) is 34.2 Å². The molecule has 1 aliphatic heterocycles. The summed E-state index contributed by atoms with van der Waals surface area (Å²) >= 11 is 0. The fourth-order valence-electron chi connectivity index (χ4n) is 1.47. The molecule has 0 atom stereocenters. The van der Waals surface area contributed by atoms with Gasteiger partial charge in [-0.05, 0) is 13.5 Å². The van der Waals surface area contributed by atoms with Crippen molar-refractivity contribution in [1.29, 1.82) is 0 Å². The molecule has 0 bridgehead atoms. The van der Waals surface area contributed by atoms with E-state index in [4.69, 9.17) is 5.84 Å². The van der Waals surface area contributed by atoms with Crippen LogP contribution in [0.2, 0.25) is 0 Å². The Hall–Kier alpha value is -0.810. The van der Waals surface area contributed by atoms with Gasteiger partial charge in [0.25, 0.3) is 0 Å². The maximum absolute atomic E-state index is 5.44. The molecule has 82 valence electrons. The van der Waals surface area contributed by atoms with Gasteiger partial charge in [0.2, 0.25) is 5.96 Å². The Balaban J connectivity index is 2.44. The first-order valence-electron chi connectivity index (χ1n) is 5.22. The molecule has 0 aromatic carbocycles. The van der Waals surface area contributed by atoms with E-state index >= 15 is 0 Å². The minimum atomic E-state index is 0.833. The van der Waals surface area contributed by atoms with Crippen molar-refractivity contribution in [2.45, 2.75) is 13.3 Å². The zero-order valence-electron chi connectivity index (χ0n) is 9.16. The molecule has 0 spiro atoms.